The first-order valence-electron chi connectivity index (χ1n) is 12.7. The van der Waals surface area contributed by atoms with Crippen LogP contribution < -0.4 is 5.32 Å². The van der Waals surface area contributed by atoms with Gasteiger partial charge in [0.2, 0.25) is 5.91 Å². The molecule has 1 heterocycles. The summed E-state index contributed by atoms with van der Waals surface area (Å²) >= 11 is 12.5. The molecule has 2 fully saturated rings. The van der Waals surface area contributed by atoms with Gasteiger partial charge >= 0.3 is 0 Å². The van der Waals surface area contributed by atoms with Crippen molar-refractivity contribution in [3.05, 3.63) is 68.7 Å². The molecule has 0 spiro atoms. The van der Waals surface area contributed by atoms with E-state index in [0.717, 1.165) is 29.5 Å². The maximum Gasteiger partial charge on any atom is 0.254 e. The molecule has 4 rings (SSSR count). The number of halogens is 2. The van der Waals surface area contributed by atoms with E-state index in [0.29, 0.717) is 47.8 Å². The fourth-order valence-corrected chi connectivity index (χ4v) is 5.67. The zero-order chi connectivity index (χ0) is 24.9. The van der Waals surface area contributed by atoms with Gasteiger partial charge in [-0.2, -0.15) is 0 Å². The Morgan fingerprint density at radius 3 is 2.26 bits per heavy atom. The fraction of sp³-hybridized carbons (Fsp3) is 0.500. The number of piperazine rings is 1. The molecule has 1 saturated carbocycles. The zero-order valence-electron chi connectivity index (χ0n) is 20.7. The van der Waals surface area contributed by atoms with E-state index >= 15 is 0 Å². The summed E-state index contributed by atoms with van der Waals surface area (Å²) in [6.45, 7) is 5.71. The van der Waals surface area contributed by atoms with Gasteiger partial charge in [0, 0.05) is 31.2 Å². The molecule has 0 radical (unpaired) electrons. The van der Waals surface area contributed by atoms with Crippen LogP contribution in [0, 0.1) is 13.8 Å². The maximum absolute atomic E-state index is 13.4. The van der Waals surface area contributed by atoms with Gasteiger partial charge in [0.05, 0.1) is 22.6 Å². The second-order valence-corrected chi connectivity index (χ2v) is 10.8. The van der Waals surface area contributed by atoms with Gasteiger partial charge in [-0.05, 0) is 56.5 Å². The summed E-state index contributed by atoms with van der Waals surface area (Å²) in [7, 11) is 0. The lowest BCUT2D eigenvalue weighted by Crippen LogP contribution is -2.54. The lowest BCUT2D eigenvalue weighted by Gasteiger charge is -2.42. The molecule has 2 aliphatic rings. The normalized spacial score (nSPS) is 19.5. The van der Waals surface area contributed by atoms with Crippen LogP contribution in [-0.2, 0) is 4.79 Å². The van der Waals surface area contributed by atoms with Crippen LogP contribution in [0.4, 0.5) is 0 Å². The smallest absolute Gasteiger partial charge is 0.254 e. The third-order valence-corrected chi connectivity index (χ3v) is 7.92. The third kappa shape index (κ3) is 6.58. The van der Waals surface area contributed by atoms with Gasteiger partial charge in [-0.3, -0.25) is 9.59 Å². The summed E-state index contributed by atoms with van der Waals surface area (Å²) < 4.78 is 0. The van der Waals surface area contributed by atoms with Crippen LogP contribution in [0.5, 0.6) is 0 Å². The molecular formula is C28H35Cl2N3O2. The van der Waals surface area contributed by atoms with Crippen molar-refractivity contribution in [1.82, 2.24) is 15.1 Å². The predicted octanol–water partition coefficient (Wildman–Crippen LogP) is 5.95. The number of aryl methyl sites for hydroxylation is 2. The van der Waals surface area contributed by atoms with Gasteiger partial charge in [0.1, 0.15) is 0 Å². The number of carbonyl (C=O) groups excluding carboxylic acids is 2. The Morgan fingerprint density at radius 1 is 0.914 bits per heavy atom. The van der Waals surface area contributed by atoms with Crippen LogP contribution >= 0.6 is 23.2 Å². The number of amides is 2. The van der Waals surface area contributed by atoms with Crippen LogP contribution in [0.25, 0.3) is 0 Å². The molecule has 1 atom stereocenters. The molecule has 35 heavy (non-hydrogen) atoms. The topological polar surface area (TPSA) is 52.7 Å². The molecule has 5 nitrogen and oxygen atoms in total. The zero-order valence-corrected chi connectivity index (χ0v) is 22.2. The summed E-state index contributed by atoms with van der Waals surface area (Å²) in [6, 6.07) is 11.5. The second-order valence-electron chi connectivity index (χ2n) is 9.97. The van der Waals surface area contributed by atoms with Crippen molar-refractivity contribution in [3.63, 3.8) is 0 Å². The standard InChI is InChI=1S/C28H35Cl2N3O2/c1-19-13-20(2)15-22(14-19)28(35)32-11-12-33(26(18-32)21-9-10-24(29)25(30)16-21)27(34)17-31-23-7-5-3-4-6-8-23/h9-10,13-16,23,26,31H,3-8,11-12,17-18H2,1-2H3/t26-/m0/s1. The van der Waals surface area contributed by atoms with Gasteiger partial charge in [-0.1, -0.05) is 72.1 Å². The van der Waals surface area contributed by atoms with Crippen LogP contribution in [0.2, 0.25) is 10.0 Å². The fourth-order valence-electron chi connectivity index (χ4n) is 5.37. The highest BCUT2D eigenvalue weighted by Gasteiger charge is 2.34. The van der Waals surface area contributed by atoms with Crippen molar-refractivity contribution in [2.24, 2.45) is 0 Å². The predicted molar refractivity (Wildman–Crippen MR) is 142 cm³/mol. The van der Waals surface area contributed by atoms with E-state index in [1.165, 1.54) is 25.7 Å². The number of carbonyl (C=O) groups is 2. The molecule has 0 aromatic heterocycles. The lowest BCUT2D eigenvalue weighted by molar-refractivity contribution is -0.135. The molecule has 2 aromatic carbocycles. The number of hydrogen-bond donors (Lipinski definition) is 1. The molecule has 0 bridgehead atoms. The Bertz CT molecular complexity index is 1050. The Kier molecular flexibility index (Phi) is 8.74. The quantitative estimate of drug-likeness (QED) is 0.500. The van der Waals surface area contributed by atoms with E-state index in [4.69, 9.17) is 23.2 Å². The van der Waals surface area contributed by atoms with E-state index in [9.17, 15) is 9.59 Å². The highest BCUT2D eigenvalue weighted by atomic mass is 35.5. The number of nitrogens with zero attached hydrogens (tertiary/aromatic N) is 2. The third-order valence-electron chi connectivity index (χ3n) is 7.18. The van der Waals surface area contributed by atoms with Crippen LogP contribution in [-0.4, -0.2) is 53.8 Å². The van der Waals surface area contributed by atoms with Crippen molar-refractivity contribution >= 4 is 35.0 Å². The average Bonchev–Trinajstić information content (AvgIpc) is 3.12. The minimum absolute atomic E-state index is 0.00876. The first-order chi connectivity index (χ1) is 16.8. The molecular weight excluding hydrogens is 481 g/mol. The molecule has 2 aromatic rings. The Balaban J connectivity index is 1.52. The Morgan fingerprint density at radius 2 is 1.60 bits per heavy atom. The molecule has 1 aliphatic heterocycles. The summed E-state index contributed by atoms with van der Waals surface area (Å²) in [4.78, 5) is 30.6. The van der Waals surface area contributed by atoms with E-state index in [-0.39, 0.29) is 17.9 Å². The van der Waals surface area contributed by atoms with Crippen molar-refractivity contribution in [2.75, 3.05) is 26.2 Å². The van der Waals surface area contributed by atoms with Crippen molar-refractivity contribution in [1.29, 1.82) is 0 Å². The first-order valence-corrected chi connectivity index (χ1v) is 13.4. The number of benzene rings is 2. The van der Waals surface area contributed by atoms with Gasteiger partial charge < -0.3 is 15.1 Å². The van der Waals surface area contributed by atoms with Gasteiger partial charge in [-0.25, -0.2) is 0 Å². The second kappa shape index (κ2) is 11.8. The van der Waals surface area contributed by atoms with Gasteiger partial charge in [-0.15, -0.1) is 0 Å². The van der Waals surface area contributed by atoms with Crippen molar-refractivity contribution in [3.8, 4) is 0 Å². The SMILES string of the molecule is Cc1cc(C)cc(C(=O)N2CCN(C(=O)CNC3CCCCCC3)[C@H](c3ccc(Cl)c(Cl)c3)C2)c1. The van der Waals surface area contributed by atoms with Gasteiger partial charge in [0.15, 0.2) is 0 Å². The monoisotopic (exact) mass is 515 g/mol. The van der Waals surface area contributed by atoms with Crippen LogP contribution in [0.1, 0.15) is 71.6 Å². The Labute approximate surface area is 218 Å². The molecule has 188 valence electrons. The molecule has 1 aliphatic carbocycles. The average molecular weight is 517 g/mol. The molecule has 1 N–H and O–H groups in total. The van der Waals surface area contributed by atoms with E-state index < -0.39 is 0 Å². The summed E-state index contributed by atoms with van der Waals surface area (Å²) in [5, 5.41) is 4.43. The van der Waals surface area contributed by atoms with E-state index in [1.54, 1.807) is 6.07 Å². The van der Waals surface area contributed by atoms with Crippen LogP contribution in [0.15, 0.2) is 36.4 Å². The molecule has 1 saturated heterocycles. The Hall–Kier alpha value is -2.08. The minimum Gasteiger partial charge on any atom is -0.334 e. The number of rotatable bonds is 5. The van der Waals surface area contributed by atoms with E-state index in [2.05, 4.69) is 11.4 Å². The summed E-state index contributed by atoms with van der Waals surface area (Å²) in [6.07, 6.45) is 7.25. The minimum atomic E-state index is -0.281. The lowest BCUT2D eigenvalue weighted by atomic mass is 10.0. The summed E-state index contributed by atoms with van der Waals surface area (Å²) in [5.74, 6) is 0.0503. The van der Waals surface area contributed by atoms with E-state index in [1.807, 2.05) is 47.9 Å². The molecule has 2 amide bonds. The number of nitrogens with one attached hydrogen (secondary N) is 1. The highest BCUT2D eigenvalue weighted by Crippen LogP contribution is 2.31. The van der Waals surface area contributed by atoms with Gasteiger partial charge in [0.25, 0.3) is 5.91 Å². The molecule has 0 unspecified atom stereocenters. The maximum atomic E-state index is 13.4. The van der Waals surface area contributed by atoms with Crippen molar-refractivity contribution in [2.45, 2.75) is 64.5 Å². The largest absolute Gasteiger partial charge is 0.334 e. The summed E-state index contributed by atoms with van der Waals surface area (Å²) in [5.41, 5.74) is 3.70. The highest BCUT2D eigenvalue weighted by molar-refractivity contribution is 6.42. The van der Waals surface area contributed by atoms with Crippen LogP contribution in [0.3, 0.4) is 0 Å². The van der Waals surface area contributed by atoms with Crippen molar-refractivity contribution < 1.29 is 9.59 Å². The molecule has 7 heteroatoms. The number of hydrogen-bond acceptors (Lipinski definition) is 3. The first kappa shape index (κ1) is 26.0.